The molecule has 0 amide bonds. The van der Waals surface area contributed by atoms with Crippen LogP contribution in [0.1, 0.15) is 5.56 Å². The normalized spacial score (nSPS) is 10.3. The van der Waals surface area contributed by atoms with Crippen LogP contribution in [0.25, 0.3) is 0 Å². The molecule has 17 heavy (non-hydrogen) atoms. The highest BCUT2D eigenvalue weighted by atomic mass is 19.1. The van der Waals surface area contributed by atoms with Crippen molar-refractivity contribution >= 4 is 17.1 Å². The topological polar surface area (TPSA) is 38.0 Å². The molecular weight excluding hydrogens is 222 g/mol. The van der Waals surface area contributed by atoms with Crippen LogP contribution in [0.2, 0.25) is 0 Å². The molecular formula is C13H12F2N2. The molecule has 0 bridgehead atoms. The number of hydrogen-bond donors (Lipinski definition) is 2. The summed E-state index contributed by atoms with van der Waals surface area (Å²) in [6.07, 6.45) is 0. The van der Waals surface area contributed by atoms with E-state index in [4.69, 9.17) is 5.73 Å². The van der Waals surface area contributed by atoms with Gasteiger partial charge in [-0.05, 0) is 42.8 Å². The van der Waals surface area contributed by atoms with E-state index in [0.717, 1.165) is 0 Å². The van der Waals surface area contributed by atoms with Crippen LogP contribution in [0, 0.1) is 18.6 Å². The summed E-state index contributed by atoms with van der Waals surface area (Å²) in [7, 11) is 0. The lowest BCUT2D eigenvalue weighted by Gasteiger charge is -2.10. The Bertz CT molecular complexity index is 536. The summed E-state index contributed by atoms with van der Waals surface area (Å²) in [5.74, 6) is -1.20. The first-order valence-corrected chi connectivity index (χ1v) is 5.15. The average Bonchev–Trinajstić information content (AvgIpc) is 2.32. The summed E-state index contributed by atoms with van der Waals surface area (Å²) < 4.78 is 27.2. The van der Waals surface area contributed by atoms with Crippen molar-refractivity contribution in [2.45, 2.75) is 6.92 Å². The number of benzene rings is 2. The van der Waals surface area contributed by atoms with Gasteiger partial charge in [0.2, 0.25) is 0 Å². The highest BCUT2D eigenvalue weighted by Crippen LogP contribution is 2.25. The quantitative estimate of drug-likeness (QED) is 0.779. The maximum Gasteiger partial charge on any atom is 0.152 e. The molecule has 2 rings (SSSR count). The Morgan fingerprint density at radius 1 is 1.00 bits per heavy atom. The maximum atomic E-state index is 13.7. The van der Waals surface area contributed by atoms with E-state index in [0.29, 0.717) is 16.9 Å². The number of nitrogen functional groups attached to an aromatic ring is 1. The van der Waals surface area contributed by atoms with Crippen LogP contribution in [0.3, 0.4) is 0 Å². The van der Waals surface area contributed by atoms with Gasteiger partial charge in [-0.2, -0.15) is 0 Å². The molecule has 3 N–H and O–H groups in total. The van der Waals surface area contributed by atoms with E-state index in [9.17, 15) is 8.78 Å². The zero-order valence-corrected chi connectivity index (χ0v) is 9.30. The van der Waals surface area contributed by atoms with Gasteiger partial charge in [0.1, 0.15) is 11.5 Å². The fourth-order valence-electron chi connectivity index (χ4n) is 1.48. The molecule has 0 aliphatic heterocycles. The van der Waals surface area contributed by atoms with Crippen molar-refractivity contribution < 1.29 is 8.78 Å². The van der Waals surface area contributed by atoms with Crippen LogP contribution in [0.4, 0.5) is 25.8 Å². The van der Waals surface area contributed by atoms with Gasteiger partial charge in [0, 0.05) is 11.4 Å². The number of halogens is 2. The monoisotopic (exact) mass is 234 g/mol. The number of hydrogen-bond acceptors (Lipinski definition) is 2. The van der Waals surface area contributed by atoms with Crippen LogP contribution in [-0.4, -0.2) is 0 Å². The van der Waals surface area contributed by atoms with Gasteiger partial charge >= 0.3 is 0 Å². The number of nitrogens with one attached hydrogen (secondary N) is 1. The van der Waals surface area contributed by atoms with Gasteiger partial charge in [-0.15, -0.1) is 0 Å². The molecule has 0 saturated heterocycles. The second kappa shape index (κ2) is 4.41. The molecule has 0 aliphatic rings. The Morgan fingerprint density at radius 2 is 1.65 bits per heavy atom. The van der Waals surface area contributed by atoms with Crippen molar-refractivity contribution in [2.24, 2.45) is 0 Å². The maximum absolute atomic E-state index is 13.7. The predicted octanol–water partition coefficient (Wildman–Crippen LogP) is 3.60. The largest absolute Gasteiger partial charge is 0.399 e. The van der Waals surface area contributed by atoms with E-state index in [1.807, 2.05) is 0 Å². The second-order valence-electron chi connectivity index (χ2n) is 3.80. The standard InChI is InChI=1S/C13H12F2N2/c1-8-2-7-11(14)13(12(8)15)17-10-5-3-9(16)4-6-10/h2-7,17H,16H2,1H3. The molecule has 0 unspecified atom stereocenters. The Hall–Kier alpha value is -2.10. The van der Waals surface area contributed by atoms with Gasteiger partial charge < -0.3 is 11.1 Å². The van der Waals surface area contributed by atoms with E-state index >= 15 is 0 Å². The fraction of sp³-hybridized carbons (Fsp3) is 0.0769. The molecule has 0 heterocycles. The van der Waals surface area contributed by atoms with E-state index in [1.54, 1.807) is 31.2 Å². The Labute approximate surface area is 98.1 Å². The Balaban J connectivity index is 2.36. The number of aryl methyl sites for hydroxylation is 1. The average molecular weight is 234 g/mol. The predicted molar refractivity (Wildman–Crippen MR) is 65.2 cm³/mol. The zero-order chi connectivity index (χ0) is 12.4. The van der Waals surface area contributed by atoms with Crippen molar-refractivity contribution in [3.05, 3.63) is 53.6 Å². The summed E-state index contributed by atoms with van der Waals surface area (Å²) in [4.78, 5) is 0. The van der Waals surface area contributed by atoms with Crippen molar-refractivity contribution in [3.63, 3.8) is 0 Å². The SMILES string of the molecule is Cc1ccc(F)c(Nc2ccc(N)cc2)c1F. The summed E-state index contributed by atoms with van der Waals surface area (Å²) in [5, 5.41) is 2.70. The van der Waals surface area contributed by atoms with Crippen LogP contribution in [0.5, 0.6) is 0 Å². The molecule has 2 nitrogen and oxygen atoms in total. The lowest BCUT2D eigenvalue weighted by Crippen LogP contribution is -1.99. The fourth-order valence-corrected chi connectivity index (χ4v) is 1.48. The first kappa shape index (κ1) is 11.4. The minimum absolute atomic E-state index is 0.144. The smallest absolute Gasteiger partial charge is 0.152 e. The molecule has 0 spiro atoms. The van der Waals surface area contributed by atoms with Crippen molar-refractivity contribution in [1.82, 2.24) is 0 Å². The lowest BCUT2D eigenvalue weighted by atomic mass is 10.2. The van der Waals surface area contributed by atoms with Crippen LogP contribution in [-0.2, 0) is 0 Å². The molecule has 88 valence electrons. The molecule has 4 heteroatoms. The number of nitrogens with two attached hydrogens (primary N) is 1. The van der Waals surface area contributed by atoms with E-state index in [2.05, 4.69) is 5.32 Å². The summed E-state index contributed by atoms with van der Waals surface area (Å²) in [5.41, 5.74) is 6.96. The molecule has 0 radical (unpaired) electrons. The highest BCUT2D eigenvalue weighted by Gasteiger charge is 2.11. The summed E-state index contributed by atoms with van der Waals surface area (Å²) in [6.45, 7) is 1.59. The van der Waals surface area contributed by atoms with Crippen molar-refractivity contribution in [2.75, 3.05) is 11.1 Å². The van der Waals surface area contributed by atoms with Gasteiger partial charge in [-0.25, -0.2) is 8.78 Å². The first-order chi connectivity index (χ1) is 8.08. The summed E-state index contributed by atoms with van der Waals surface area (Å²) >= 11 is 0. The molecule has 2 aromatic rings. The third kappa shape index (κ3) is 2.36. The van der Waals surface area contributed by atoms with E-state index < -0.39 is 11.6 Å². The highest BCUT2D eigenvalue weighted by molar-refractivity contribution is 5.63. The third-order valence-electron chi connectivity index (χ3n) is 2.46. The van der Waals surface area contributed by atoms with E-state index in [1.165, 1.54) is 12.1 Å². The zero-order valence-electron chi connectivity index (χ0n) is 9.30. The minimum atomic E-state index is -0.620. The van der Waals surface area contributed by atoms with Crippen LogP contribution >= 0.6 is 0 Å². The van der Waals surface area contributed by atoms with Crippen molar-refractivity contribution in [3.8, 4) is 0 Å². The number of rotatable bonds is 2. The molecule has 0 atom stereocenters. The third-order valence-corrected chi connectivity index (χ3v) is 2.46. The van der Waals surface area contributed by atoms with Gasteiger partial charge in [0.25, 0.3) is 0 Å². The van der Waals surface area contributed by atoms with Gasteiger partial charge in [0.15, 0.2) is 5.82 Å². The number of anilines is 3. The molecule has 0 saturated carbocycles. The van der Waals surface area contributed by atoms with Gasteiger partial charge in [-0.3, -0.25) is 0 Å². The first-order valence-electron chi connectivity index (χ1n) is 5.15. The second-order valence-corrected chi connectivity index (χ2v) is 3.80. The van der Waals surface area contributed by atoms with Crippen molar-refractivity contribution in [1.29, 1.82) is 0 Å². The van der Waals surface area contributed by atoms with Gasteiger partial charge in [0.05, 0.1) is 0 Å². The van der Waals surface area contributed by atoms with E-state index in [-0.39, 0.29) is 5.69 Å². The molecule has 0 aliphatic carbocycles. The Kier molecular flexibility index (Phi) is 2.95. The lowest BCUT2D eigenvalue weighted by molar-refractivity contribution is 0.585. The molecule has 0 aromatic heterocycles. The Morgan fingerprint density at radius 3 is 2.29 bits per heavy atom. The van der Waals surface area contributed by atoms with Crippen LogP contribution < -0.4 is 11.1 Å². The summed E-state index contributed by atoms with van der Waals surface area (Å²) in [6, 6.07) is 9.28. The molecule has 0 fully saturated rings. The van der Waals surface area contributed by atoms with Gasteiger partial charge in [-0.1, -0.05) is 6.07 Å². The molecule has 2 aromatic carbocycles. The minimum Gasteiger partial charge on any atom is -0.399 e. The van der Waals surface area contributed by atoms with Crippen LogP contribution in [0.15, 0.2) is 36.4 Å².